The number of nitrogens with one attached hydrogen (secondary N) is 2. The van der Waals surface area contributed by atoms with Crippen LogP contribution in [0.25, 0.3) is 0 Å². The average molecular weight is 350 g/mol. The number of fused-ring (bicyclic) bond motifs is 3. The van der Waals surface area contributed by atoms with Crippen molar-refractivity contribution >= 4 is 23.0 Å². The molecule has 1 fully saturated rings. The zero-order chi connectivity index (χ0) is 18.0. The maximum atomic E-state index is 12.8. The van der Waals surface area contributed by atoms with Gasteiger partial charge >= 0.3 is 0 Å². The van der Waals surface area contributed by atoms with Crippen LogP contribution in [0, 0.1) is 0 Å². The minimum Gasteiger partial charge on any atom is -0.504 e. The van der Waals surface area contributed by atoms with Crippen molar-refractivity contribution in [3.05, 3.63) is 65.0 Å². The number of benzene rings is 1. The van der Waals surface area contributed by atoms with E-state index in [0.29, 0.717) is 22.8 Å². The lowest BCUT2D eigenvalue weighted by molar-refractivity contribution is -0.131. The molecule has 0 radical (unpaired) electrons. The summed E-state index contributed by atoms with van der Waals surface area (Å²) in [5.41, 5.74) is 1.66. The molecule has 0 spiro atoms. The fourth-order valence-corrected chi connectivity index (χ4v) is 3.10. The molecule has 2 aliphatic heterocycles. The van der Waals surface area contributed by atoms with Gasteiger partial charge in [0.05, 0.1) is 22.8 Å². The highest BCUT2D eigenvalue weighted by Crippen LogP contribution is 2.42. The third-order valence-corrected chi connectivity index (χ3v) is 4.33. The molecule has 1 unspecified atom stereocenters. The van der Waals surface area contributed by atoms with E-state index in [4.69, 9.17) is 9.47 Å². The molecule has 8 nitrogen and oxygen atoms in total. The van der Waals surface area contributed by atoms with Crippen LogP contribution in [-0.4, -0.2) is 28.6 Å². The van der Waals surface area contributed by atoms with E-state index in [2.05, 4.69) is 10.6 Å². The predicted molar refractivity (Wildman–Crippen MR) is 86.7 cm³/mol. The van der Waals surface area contributed by atoms with Gasteiger partial charge in [0.1, 0.15) is 5.76 Å². The minimum absolute atomic E-state index is 0.000733. The van der Waals surface area contributed by atoms with E-state index in [1.807, 2.05) is 0 Å². The Labute approximate surface area is 146 Å². The van der Waals surface area contributed by atoms with Crippen molar-refractivity contribution in [3.63, 3.8) is 0 Å². The van der Waals surface area contributed by atoms with Crippen LogP contribution in [0.5, 0.6) is 11.5 Å². The van der Waals surface area contributed by atoms with E-state index in [1.54, 1.807) is 18.2 Å². The smallest absolute Gasteiger partial charge is 0.246 e. The van der Waals surface area contributed by atoms with Crippen LogP contribution in [-0.2, 0) is 19.1 Å². The molecule has 26 heavy (non-hydrogen) atoms. The number of phenols is 1. The monoisotopic (exact) mass is 350 g/mol. The summed E-state index contributed by atoms with van der Waals surface area (Å²) >= 11 is 0. The van der Waals surface area contributed by atoms with E-state index in [0.717, 1.165) is 12.2 Å². The molecule has 5 rings (SSSR count). The number of hydrogen-bond acceptors (Lipinski definition) is 8. The van der Waals surface area contributed by atoms with Gasteiger partial charge in [-0.15, -0.1) is 0 Å². The highest BCUT2D eigenvalue weighted by molar-refractivity contribution is 6.46. The molecule has 1 aromatic rings. The van der Waals surface area contributed by atoms with Crippen LogP contribution >= 0.6 is 0 Å². The van der Waals surface area contributed by atoms with Gasteiger partial charge in [0.15, 0.2) is 17.3 Å². The highest BCUT2D eigenvalue weighted by Gasteiger charge is 2.42. The number of hydrogen-bond donors (Lipinski definition) is 3. The number of phenolic OH excluding ortho intramolecular Hbond substituents is 1. The van der Waals surface area contributed by atoms with Crippen molar-refractivity contribution in [2.75, 3.05) is 5.32 Å². The van der Waals surface area contributed by atoms with Crippen molar-refractivity contribution in [1.29, 1.82) is 0 Å². The predicted octanol–water partition coefficient (Wildman–Crippen LogP) is 0.783. The van der Waals surface area contributed by atoms with E-state index in [9.17, 15) is 19.5 Å². The SMILES string of the molecule is O=C1C=C2NC3=CC4=C(Oc5c(O)cccc5N4)C(=O)C3OC2=CC1=O. The lowest BCUT2D eigenvalue weighted by atomic mass is 9.97. The Morgan fingerprint density at radius 1 is 1.00 bits per heavy atom. The van der Waals surface area contributed by atoms with Gasteiger partial charge in [-0.2, -0.15) is 0 Å². The maximum Gasteiger partial charge on any atom is 0.246 e. The number of carbonyl (C=O) groups is 3. The number of anilines is 1. The Balaban J connectivity index is 1.56. The van der Waals surface area contributed by atoms with E-state index >= 15 is 0 Å². The zero-order valence-corrected chi connectivity index (χ0v) is 13.0. The first-order valence-electron chi connectivity index (χ1n) is 7.74. The van der Waals surface area contributed by atoms with E-state index < -0.39 is 23.5 Å². The van der Waals surface area contributed by atoms with Gasteiger partial charge in [0.2, 0.25) is 23.5 Å². The number of morpholine rings is 1. The number of aromatic hydroxyl groups is 1. The normalized spacial score (nSPS) is 22.8. The van der Waals surface area contributed by atoms with E-state index in [1.165, 1.54) is 6.07 Å². The van der Waals surface area contributed by atoms with Crippen LogP contribution in [0.2, 0.25) is 0 Å². The van der Waals surface area contributed by atoms with Crippen molar-refractivity contribution < 1.29 is 29.0 Å². The molecular formula is C18H10N2O6. The number of ketones is 3. The van der Waals surface area contributed by atoms with Crippen molar-refractivity contribution in [1.82, 2.24) is 5.32 Å². The summed E-state index contributed by atoms with van der Waals surface area (Å²) < 4.78 is 11.2. The number of carbonyl (C=O) groups excluding carboxylic acids is 3. The van der Waals surface area contributed by atoms with Crippen LogP contribution in [0.15, 0.2) is 65.0 Å². The summed E-state index contributed by atoms with van der Waals surface area (Å²) in [5.74, 6) is -1.67. The van der Waals surface area contributed by atoms with Crippen LogP contribution in [0.3, 0.4) is 0 Å². The Hall–Kier alpha value is -3.81. The second kappa shape index (κ2) is 4.85. The summed E-state index contributed by atoms with van der Waals surface area (Å²) in [4.78, 5) is 35.9. The summed E-state index contributed by atoms with van der Waals surface area (Å²) in [6, 6.07) is 4.80. The van der Waals surface area contributed by atoms with Gasteiger partial charge in [0.25, 0.3) is 0 Å². The minimum atomic E-state index is -1.03. The lowest BCUT2D eigenvalue weighted by Gasteiger charge is -2.36. The molecule has 1 atom stereocenters. The highest BCUT2D eigenvalue weighted by atomic mass is 16.5. The van der Waals surface area contributed by atoms with Crippen LogP contribution < -0.4 is 15.4 Å². The largest absolute Gasteiger partial charge is 0.504 e. The third kappa shape index (κ3) is 1.92. The summed E-state index contributed by atoms with van der Waals surface area (Å²) in [6.07, 6.45) is 2.79. The second-order valence-electron chi connectivity index (χ2n) is 6.01. The van der Waals surface area contributed by atoms with Crippen LogP contribution in [0.1, 0.15) is 0 Å². The molecule has 0 amide bonds. The number of Topliss-reactive ketones (excluding diaryl/α,β-unsaturated/α-hetero) is 1. The van der Waals surface area contributed by atoms with Gasteiger partial charge < -0.3 is 25.2 Å². The maximum absolute atomic E-state index is 12.8. The first-order valence-corrected chi connectivity index (χ1v) is 7.74. The summed E-state index contributed by atoms with van der Waals surface area (Å²) in [5, 5.41) is 15.9. The summed E-state index contributed by atoms with van der Waals surface area (Å²) in [7, 11) is 0. The standard InChI is InChI=1S/C18H10N2O6/c21-11-3-1-2-7-16(11)26-18-10(19-7)4-9-17(15(18)24)25-14-6-13(23)12(22)5-8(14)20-9/h1-6,17,19-21H. The molecule has 128 valence electrons. The molecule has 2 aliphatic carbocycles. The number of para-hydroxylation sites is 1. The molecule has 3 N–H and O–H groups in total. The molecule has 0 bridgehead atoms. The van der Waals surface area contributed by atoms with Gasteiger partial charge in [-0.25, -0.2) is 0 Å². The van der Waals surface area contributed by atoms with Crippen LogP contribution in [0.4, 0.5) is 5.69 Å². The fourth-order valence-electron chi connectivity index (χ4n) is 3.10. The van der Waals surface area contributed by atoms with Crippen molar-refractivity contribution in [2.24, 2.45) is 0 Å². The molecule has 8 heteroatoms. The fraction of sp³-hybridized carbons (Fsp3) is 0.0556. The summed E-state index contributed by atoms with van der Waals surface area (Å²) in [6.45, 7) is 0. The third-order valence-electron chi connectivity index (χ3n) is 4.33. The molecular weight excluding hydrogens is 340 g/mol. The zero-order valence-electron chi connectivity index (χ0n) is 13.0. The number of allylic oxidation sites excluding steroid dienone is 3. The second-order valence-corrected chi connectivity index (χ2v) is 6.01. The topological polar surface area (TPSA) is 114 Å². The van der Waals surface area contributed by atoms with E-state index in [-0.39, 0.29) is 23.0 Å². The molecule has 4 aliphatic rings. The Bertz CT molecular complexity index is 1060. The Morgan fingerprint density at radius 3 is 2.65 bits per heavy atom. The first-order chi connectivity index (χ1) is 12.5. The van der Waals surface area contributed by atoms with Gasteiger partial charge in [-0.3, -0.25) is 14.4 Å². The Kier molecular flexibility index (Phi) is 2.71. The molecule has 0 aromatic heterocycles. The molecule has 1 aromatic carbocycles. The number of ether oxygens (including phenoxy) is 2. The lowest BCUT2D eigenvalue weighted by Crippen LogP contribution is -2.45. The molecule has 2 heterocycles. The van der Waals surface area contributed by atoms with Gasteiger partial charge in [-0.1, -0.05) is 6.07 Å². The number of rotatable bonds is 0. The van der Waals surface area contributed by atoms with Crippen molar-refractivity contribution in [3.8, 4) is 11.5 Å². The van der Waals surface area contributed by atoms with Gasteiger partial charge in [-0.05, 0) is 18.2 Å². The van der Waals surface area contributed by atoms with Gasteiger partial charge in [0, 0.05) is 12.2 Å². The average Bonchev–Trinajstić information content (AvgIpc) is 2.61. The molecule has 1 saturated heterocycles. The molecule has 0 saturated carbocycles. The van der Waals surface area contributed by atoms with Crippen molar-refractivity contribution in [2.45, 2.75) is 6.10 Å². The quantitative estimate of drug-likeness (QED) is 0.465. The first kappa shape index (κ1) is 14.5. The Morgan fingerprint density at radius 2 is 1.81 bits per heavy atom.